The van der Waals surface area contributed by atoms with Gasteiger partial charge in [-0.1, -0.05) is 18.2 Å². The quantitative estimate of drug-likeness (QED) is 0.302. The fraction of sp³-hybridized carbons (Fsp3) is 0.167. The van der Waals surface area contributed by atoms with Crippen LogP contribution in [-0.2, 0) is 10.0 Å². The van der Waals surface area contributed by atoms with Crippen LogP contribution < -0.4 is 4.74 Å². The summed E-state index contributed by atoms with van der Waals surface area (Å²) >= 11 is 0. The standard InChI is InChI=1S/C30H27FN4O4S/c1-32-21-22-5-15-27(16-6-22)40(37,38)35-19-17-34(18-20-35)30(36)29-4-2-3-28(33-29)23-7-11-25(12-8-23)39-26-13-9-24(31)10-14-26/h2-16,21H,17-20H2,1H3/b32-21-. The van der Waals surface area contributed by atoms with Gasteiger partial charge < -0.3 is 9.64 Å². The van der Waals surface area contributed by atoms with Crippen LogP contribution >= 0.6 is 0 Å². The predicted molar refractivity (Wildman–Crippen MR) is 151 cm³/mol. The molecule has 1 fully saturated rings. The van der Waals surface area contributed by atoms with E-state index in [1.807, 2.05) is 18.2 Å². The molecule has 40 heavy (non-hydrogen) atoms. The van der Waals surface area contributed by atoms with Gasteiger partial charge in [0.05, 0.1) is 10.6 Å². The highest BCUT2D eigenvalue weighted by atomic mass is 32.2. The molecular weight excluding hydrogens is 531 g/mol. The van der Waals surface area contributed by atoms with Crippen LogP contribution in [0.25, 0.3) is 11.3 Å². The topological polar surface area (TPSA) is 92.2 Å². The van der Waals surface area contributed by atoms with Gasteiger partial charge in [-0.05, 0) is 78.4 Å². The summed E-state index contributed by atoms with van der Waals surface area (Å²) in [5, 5.41) is 0. The van der Waals surface area contributed by atoms with E-state index in [0.29, 0.717) is 17.2 Å². The van der Waals surface area contributed by atoms with Crippen LogP contribution in [0.1, 0.15) is 16.1 Å². The molecule has 3 aromatic carbocycles. The number of carbonyl (C=O) groups excluding carboxylic acids is 1. The van der Waals surface area contributed by atoms with Gasteiger partial charge in [-0.2, -0.15) is 4.31 Å². The van der Waals surface area contributed by atoms with Crippen molar-refractivity contribution >= 4 is 22.1 Å². The van der Waals surface area contributed by atoms with Crippen LogP contribution in [0.3, 0.4) is 0 Å². The number of nitrogens with zero attached hydrogens (tertiary/aromatic N) is 4. The second kappa shape index (κ2) is 11.8. The lowest BCUT2D eigenvalue weighted by Crippen LogP contribution is -2.50. The van der Waals surface area contributed by atoms with Crippen molar-refractivity contribution in [1.82, 2.24) is 14.2 Å². The third-order valence-corrected chi connectivity index (χ3v) is 8.40. The summed E-state index contributed by atoms with van der Waals surface area (Å²) in [6.45, 7) is 0.919. The number of ether oxygens (including phenoxy) is 1. The molecule has 0 bridgehead atoms. The Balaban J connectivity index is 1.22. The van der Waals surface area contributed by atoms with Gasteiger partial charge in [-0.15, -0.1) is 0 Å². The highest BCUT2D eigenvalue weighted by Crippen LogP contribution is 2.26. The van der Waals surface area contributed by atoms with Crippen molar-refractivity contribution < 1.29 is 22.3 Å². The summed E-state index contributed by atoms with van der Waals surface area (Å²) < 4.78 is 46.5. The Morgan fingerprint density at radius 2 is 1.50 bits per heavy atom. The van der Waals surface area contributed by atoms with Crippen molar-refractivity contribution in [2.75, 3.05) is 33.2 Å². The van der Waals surface area contributed by atoms with E-state index < -0.39 is 10.0 Å². The van der Waals surface area contributed by atoms with E-state index in [-0.39, 0.29) is 48.5 Å². The Labute approximate surface area is 232 Å². The number of pyridine rings is 1. The van der Waals surface area contributed by atoms with Crippen molar-refractivity contribution in [3.05, 3.63) is 108 Å². The summed E-state index contributed by atoms with van der Waals surface area (Å²) in [4.78, 5) is 23.6. The third-order valence-electron chi connectivity index (χ3n) is 6.49. The number of benzene rings is 3. The summed E-state index contributed by atoms with van der Waals surface area (Å²) in [6, 6.07) is 24.8. The van der Waals surface area contributed by atoms with Gasteiger partial charge in [0.1, 0.15) is 23.0 Å². The number of halogens is 1. The first-order valence-corrected chi connectivity index (χ1v) is 14.1. The Morgan fingerprint density at radius 3 is 2.12 bits per heavy atom. The molecule has 1 aliphatic heterocycles. The second-order valence-electron chi connectivity index (χ2n) is 9.14. The van der Waals surface area contributed by atoms with Crippen LogP contribution in [-0.4, -0.2) is 68.0 Å². The summed E-state index contributed by atoms with van der Waals surface area (Å²) in [7, 11) is -2.01. The second-order valence-corrected chi connectivity index (χ2v) is 11.1. The molecule has 1 saturated heterocycles. The van der Waals surface area contributed by atoms with Crippen LogP contribution in [0.2, 0.25) is 0 Å². The van der Waals surface area contributed by atoms with E-state index in [0.717, 1.165) is 11.1 Å². The lowest BCUT2D eigenvalue weighted by atomic mass is 10.1. The minimum Gasteiger partial charge on any atom is -0.457 e. The molecule has 0 saturated carbocycles. The minimum atomic E-state index is -3.67. The van der Waals surface area contributed by atoms with E-state index in [9.17, 15) is 17.6 Å². The van der Waals surface area contributed by atoms with E-state index >= 15 is 0 Å². The Kier molecular flexibility index (Phi) is 7.99. The normalized spacial score (nSPS) is 14.4. The van der Waals surface area contributed by atoms with Gasteiger partial charge in [0.15, 0.2) is 0 Å². The number of aliphatic imine (C=N–C) groups is 1. The molecule has 0 atom stereocenters. The number of sulfonamides is 1. The van der Waals surface area contributed by atoms with E-state index in [1.54, 1.807) is 78.8 Å². The molecule has 8 nitrogen and oxygen atoms in total. The van der Waals surface area contributed by atoms with E-state index in [4.69, 9.17) is 4.74 Å². The van der Waals surface area contributed by atoms with Crippen molar-refractivity contribution in [1.29, 1.82) is 0 Å². The highest BCUT2D eigenvalue weighted by molar-refractivity contribution is 7.89. The maximum Gasteiger partial charge on any atom is 0.272 e. The molecule has 10 heteroatoms. The number of hydrogen-bond acceptors (Lipinski definition) is 6. The van der Waals surface area contributed by atoms with Crippen molar-refractivity contribution in [3.63, 3.8) is 0 Å². The zero-order valence-corrected chi connectivity index (χ0v) is 22.6. The van der Waals surface area contributed by atoms with Crippen molar-refractivity contribution in [2.24, 2.45) is 4.99 Å². The zero-order chi connectivity index (χ0) is 28.1. The number of hydrogen-bond donors (Lipinski definition) is 0. The van der Waals surface area contributed by atoms with Gasteiger partial charge in [-0.25, -0.2) is 17.8 Å². The molecule has 204 valence electrons. The first-order chi connectivity index (χ1) is 19.3. The highest BCUT2D eigenvalue weighted by Gasteiger charge is 2.30. The van der Waals surface area contributed by atoms with E-state index in [2.05, 4.69) is 9.98 Å². The smallest absolute Gasteiger partial charge is 0.272 e. The maximum atomic E-state index is 13.2. The third kappa shape index (κ3) is 6.08. The first kappa shape index (κ1) is 27.2. The van der Waals surface area contributed by atoms with Gasteiger partial charge >= 0.3 is 0 Å². The fourth-order valence-electron chi connectivity index (χ4n) is 4.36. The van der Waals surface area contributed by atoms with Gasteiger partial charge in [0.2, 0.25) is 10.0 Å². The lowest BCUT2D eigenvalue weighted by molar-refractivity contribution is 0.0692. The molecule has 1 aromatic heterocycles. The van der Waals surface area contributed by atoms with Gasteiger partial charge in [-0.3, -0.25) is 9.79 Å². The number of rotatable bonds is 7. The number of piperazine rings is 1. The molecule has 2 heterocycles. The molecule has 0 spiro atoms. The summed E-state index contributed by atoms with van der Waals surface area (Å²) in [5.74, 6) is 0.520. The van der Waals surface area contributed by atoms with Crippen LogP contribution in [0.4, 0.5) is 4.39 Å². The molecule has 1 aliphatic rings. The summed E-state index contributed by atoms with van der Waals surface area (Å²) in [5.41, 5.74) is 2.53. The molecule has 1 amide bonds. The number of amides is 1. The Morgan fingerprint density at radius 1 is 0.875 bits per heavy atom. The molecule has 4 aromatic rings. The molecule has 0 aliphatic carbocycles. The summed E-state index contributed by atoms with van der Waals surface area (Å²) in [6.07, 6.45) is 1.66. The van der Waals surface area contributed by atoms with Crippen LogP contribution in [0.15, 0.2) is 101 Å². The van der Waals surface area contributed by atoms with Crippen molar-refractivity contribution in [2.45, 2.75) is 4.90 Å². The lowest BCUT2D eigenvalue weighted by Gasteiger charge is -2.33. The van der Waals surface area contributed by atoms with Crippen molar-refractivity contribution in [3.8, 4) is 22.8 Å². The fourth-order valence-corrected chi connectivity index (χ4v) is 5.79. The van der Waals surface area contributed by atoms with Gasteiger partial charge in [0.25, 0.3) is 5.91 Å². The maximum absolute atomic E-state index is 13.2. The molecule has 0 N–H and O–H groups in total. The SMILES string of the molecule is C/N=C\c1ccc(S(=O)(=O)N2CCN(C(=O)c3cccc(-c4ccc(Oc5ccc(F)cc5)cc4)n3)CC2)cc1. The zero-order valence-electron chi connectivity index (χ0n) is 21.8. The minimum absolute atomic E-state index is 0.196. The molecule has 0 radical (unpaired) electrons. The Hall–Kier alpha value is -4.41. The molecule has 5 rings (SSSR count). The Bertz CT molecular complexity index is 1620. The van der Waals surface area contributed by atoms with Crippen LogP contribution in [0.5, 0.6) is 11.5 Å². The first-order valence-electron chi connectivity index (χ1n) is 12.7. The predicted octanol–water partition coefficient (Wildman–Crippen LogP) is 4.88. The van der Waals surface area contributed by atoms with E-state index in [1.165, 1.54) is 16.4 Å². The molecule has 0 unspecified atom stereocenters. The monoisotopic (exact) mass is 558 g/mol. The van der Waals surface area contributed by atoms with Gasteiger partial charge in [0, 0.05) is 45.0 Å². The average molecular weight is 559 g/mol. The average Bonchev–Trinajstić information content (AvgIpc) is 2.99. The number of aromatic nitrogens is 1. The molecular formula is C30H27FN4O4S. The van der Waals surface area contributed by atoms with Crippen LogP contribution in [0, 0.1) is 5.82 Å². The number of carbonyl (C=O) groups is 1. The largest absolute Gasteiger partial charge is 0.457 e.